The van der Waals surface area contributed by atoms with Crippen LogP contribution in [0.1, 0.15) is 24.8 Å². The van der Waals surface area contributed by atoms with Gasteiger partial charge in [0, 0.05) is 24.1 Å². The topological polar surface area (TPSA) is 111 Å². The molecule has 4 N–H and O–H groups in total. The molecule has 0 aromatic carbocycles. The number of hydrogen-bond acceptors (Lipinski definition) is 7. The van der Waals surface area contributed by atoms with Crippen molar-refractivity contribution in [2.45, 2.75) is 43.6 Å². The normalized spacial score (nSPS) is 24.4. The number of pyridine rings is 2. The van der Waals surface area contributed by atoms with Gasteiger partial charge in [-0.25, -0.2) is 9.37 Å². The third kappa shape index (κ3) is 4.59. The van der Waals surface area contributed by atoms with E-state index in [1.807, 2.05) is 0 Å². The number of ether oxygens (including phenoxy) is 2. The van der Waals surface area contributed by atoms with Crippen LogP contribution in [0.15, 0.2) is 24.4 Å². The van der Waals surface area contributed by atoms with E-state index < -0.39 is 11.9 Å². The molecule has 0 radical (unpaired) electrons. The second-order valence-corrected chi connectivity index (χ2v) is 6.63. The zero-order chi connectivity index (χ0) is 19.4. The van der Waals surface area contributed by atoms with Crippen molar-refractivity contribution in [3.05, 3.63) is 35.8 Å². The lowest BCUT2D eigenvalue weighted by Crippen LogP contribution is -2.45. The quantitative estimate of drug-likeness (QED) is 0.698. The SMILES string of the molecule is COc1ccc2ncc(F)c(C=C[C@H]3CC[C@@H](N)[C@@H](CC(O)CO)O3)c2n1. The maximum atomic E-state index is 14.3. The van der Waals surface area contributed by atoms with Crippen LogP contribution in [0.5, 0.6) is 5.88 Å². The molecule has 0 saturated carbocycles. The first-order chi connectivity index (χ1) is 13.0. The lowest BCUT2D eigenvalue weighted by atomic mass is 9.95. The van der Waals surface area contributed by atoms with E-state index in [1.54, 1.807) is 24.3 Å². The molecule has 2 aromatic heterocycles. The lowest BCUT2D eigenvalue weighted by molar-refractivity contribution is -0.0648. The van der Waals surface area contributed by atoms with Crippen molar-refractivity contribution < 1.29 is 24.1 Å². The van der Waals surface area contributed by atoms with Crippen molar-refractivity contribution in [2.24, 2.45) is 5.73 Å². The van der Waals surface area contributed by atoms with Crippen LogP contribution in [0.4, 0.5) is 4.39 Å². The summed E-state index contributed by atoms with van der Waals surface area (Å²) in [5, 5.41) is 18.7. The molecule has 3 heterocycles. The van der Waals surface area contributed by atoms with Gasteiger partial charge in [0.05, 0.1) is 43.7 Å². The summed E-state index contributed by atoms with van der Waals surface area (Å²) in [6.45, 7) is -0.338. The van der Waals surface area contributed by atoms with Crippen LogP contribution in [-0.2, 0) is 4.74 Å². The predicted molar refractivity (Wildman–Crippen MR) is 98.7 cm³/mol. The second kappa shape index (κ2) is 8.71. The van der Waals surface area contributed by atoms with Crippen LogP contribution in [0.3, 0.4) is 0 Å². The van der Waals surface area contributed by atoms with Crippen molar-refractivity contribution in [1.82, 2.24) is 9.97 Å². The van der Waals surface area contributed by atoms with E-state index in [0.29, 0.717) is 35.3 Å². The zero-order valence-electron chi connectivity index (χ0n) is 15.1. The van der Waals surface area contributed by atoms with E-state index in [9.17, 15) is 9.50 Å². The molecule has 3 rings (SSSR count). The maximum Gasteiger partial charge on any atom is 0.213 e. The van der Waals surface area contributed by atoms with Gasteiger partial charge >= 0.3 is 0 Å². The number of halogens is 1. The molecular weight excluding hydrogens is 353 g/mol. The van der Waals surface area contributed by atoms with Gasteiger partial charge in [0.15, 0.2) is 5.82 Å². The van der Waals surface area contributed by atoms with Gasteiger partial charge in [-0.2, -0.15) is 0 Å². The van der Waals surface area contributed by atoms with Crippen LogP contribution in [0, 0.1) is 5.82 Å². The van der Waals surface area contributed by atoms with Crippen LogP contribution >= 0.6 is 0 Å². The van der Waals surface area contributed by atoms with E-state index in [1.165, 1.54) is 7.11 Å². The first kappa shape index (κ1) is 19.6. The monoisotopic (exact) mass is 377 g/mol. The van der Waals surface area contributed by atoms with Crippen LogP contribution in [0.2, 0.25) is 0 Å². The van der Waals surface area contributed by atoms with Gasteiger partial charge in [-0.15, -0.1) is 0 Å². The van der Waals surface area contributed by atoms with Crippen molar-refractivity contribution in [2.75, 3.05) is 13.7 Å². The summed E-state index contributed by atoms with van der Waals surface area (Å²) in [4.78, 5) is 8.35. The van der Waals surface area contributed by atoms with Gasteiger partial charge in [-0.3, -0.25) is 4.98 Å². The molecule has 27 heavy (non-hydrogen) atoms. The molecule has 0 bridgehead atoms. The minimum atomic E-state index is -0.873. The van der Waals surface area contributed by atoms with Crippen LogP contribution in [-0.4, -0.2) is 58.3 Å². The van der Waals surface area contributed by atoms with Gasteiger partial charge < -0.3 is 25.4 Å². The third-order valence-electron chi connectivity index (χ3n) is 4.69. The standard InChI is InChI=1S/C19H24FN3O4/c1-26-18-7-6-16-19(23-18)13(14(20)9-22-16)4-2-12-3-5-15(21)17(27-12)8-11(25)10-24/h2,4,6-7,9,11-12,15,17,24-25H,3,5,8,10,21H2,1H3/t11?,12-,15+,17+/m0/s1. The Morgan fingerprint density at radius 1 is 1.44 bits per heavy atom. The van der Waals surface area contributed by atoms with E-state index in [2.05, 4.69) is 9.97 Å². The Morgan fingerprint density at radius 2 is 2.26 bits per heavy atom. The Bertz CT molecular complexity index is 817. The second-order valence-electron chi connectivity index (χ2n) is 6.63. The number of aromatic nitrogens is 2. The molecule has 4 atom stereocenters. The molecule has 1 saturated heterocycles. The molecule has 0 amide bonds. The Kier molecular flexibility index (Phi) is 6.33. The average molecular weight is 377 g/mol. The number of rotatable bonds is 6. The fourth-order valence-corrected chi connectivity index (χ4v) is 3.17. The minimum absolute atomic E-state index is 0.208. The minimum Gasteiger partial charge on any atom is -0.481 e. The van der Waals surface area contributed by atoms with Crippen LogP contribution in [0.25, 0.3) is 17.1 Å². The Hall–Kier alpha value is -2.13. The molecular formula is C19H24FN3O4. The van der Waals surface area contributed by atoms with Crippen molar-refractivity contribution >= 4 is 17.1 Å². The summed E-state index contributed by atoms with van der Waals surface area (Å²) in [5.74, 6) is -0.109. The first-order valence-electron chi connectivity index (χ1n) is 8.89. The highest BCUT2D eigenvalue weighted by atomic mass is 19.1. The van der Waals surface area contributed by atoms with Crippen molar-refractivity contribution in [1.29, 1.82) is 0 Å². The summed E-state index contributed by atoms with van der Waals surface area (Å²) in [5.41, 5.74) is 7.33. The number of fused-ring (bicyclic) bond motifs is 1. The average Bonchev–Trinajstić information content (AvgIpc) is 2.68. The fourth-order valence-electron chi connectivity index (χ4n) is 3.17. The van der Waals surface area contributed by atoms with E-state index in [0.717, 1.165) is 6.20 Å². The number of aliphatic hydroxyl groups excluding tert-OH is 2. The van der Waals surface area contributed by atoms with Crippen molar-refractivity contribution in [3.63, 3.8) is 0 Å². The lowest BCUT2D eigenvalue weighted by Gasteiger charge is -2.34. The number of methoxy groups -OCH3 is 1. The summed E-state index contributed by atoms with van der Waals surface area (Å²) in [6.07, 6.45) is 4.70. The molecule has 7 nitrogen and oxygen atoms in total. The third-order valence-corrected chi connectivity index (χ3v) is 4.69. The maximum absolute atomic E-state index is 14.3. The number of aliphatic hydroxyl groups is 2. The Balaban J connectivity index is 1.82. The summed E-state index contributed by atoms with van der Waals surface area (Å²) in [6, 6.07) is 3.18. The van der Waals surface area contributed by atoms with Gasteiger partial charge in [0.25, 0.3) is 0 Å². The summed E-state index contributed by atoms with van der Waals surface area (Å²) >= 11 is 0. The van der Waals surface area contributed by atoms with Gasteiger partial charge in [0.1, 0.15) is 5.52 Å². The first-order valence-corrected chi connectivity index (χ1v) is 8.89. The number of nitrogens with zero attached hydrogens (tertiary/aromatic N) is 2. The van der Waals surface area contributed by atoms with E-state index in [-0.39, 0.29) is 31.3 Å². The number of nitrogens with two attached hydrogens (primary N) is 1. The molecule has 1 fully saturated rings. The van der Waals surface area contributed by atoms with Gasteiger partial charge in [-0.1, -0.05) is 12.2 Å². The highest BCUT2D eigenvalue weighted by Gasteiger charge is 2.29. The van der Waals surface area contributed by atoms with Gasteiger partial charge in [0.2, 0.25) is 5.88 Å². The largest absolute Gasteiger partial charge is 0.481 e. The molecule has 1 aliphatic rings. The molecule has 146 valence electrons. The summed E-state index contributed by atoms with van der Waals surface area (Å²) < 4.78 is 25.4. The van der Waals surface area contributed by atoms with Gasteiger partial charge in [-0.05, 0) is 18.9 Å². The highest BCUT2D eigenvalue weighted by molar-refractivity contribution is 5.84. The molecule has 2 aromatic rings. The molecule has 1 aliphatic heterocycles. The molecule has 1 unspecified atom stereocenters. The fraction of sp³-hybridized carbons (Fsp3) is 0.474. The van der Waals surface area contributed by atoms with E-state index >= 15 is 0 Å². The zero-order valence-corrected chi connectivity index (χ0v) is 15.1. The predicted octanol–water partition coefficient (Wildman–Crippen LogP) is 1.41. The molecule has 0 spiro atoms. The smallest absolute Gasteiger partial charge is 0.213 e. The van der Waals surface area contributed by atoms with Crippen LogP contribution < -0.4 is 10.5 Å². The van der Waals surface area contributed by atoms with Crippen molar-refractivity contribution in [3.8, 4) is 5.88 Å². The molecule has 0 aliphatic carbocycles. The summed E-state index contributed by atoms with van der Waals surface area (Å²) in [7, 11) is 1.50. The Labute approximate surface area is 156 Å². The number of hydrogen-bond donors (Lipinski definition) is 3. The molecule has 8 heteroatoms. The Morgan fingerprint density at radius 3 is 3.00 bits per heavy atom. The van der Waals surface area contributed by atoms with E-state index in [4.69, 9.17) is 20.3 Å². The highest BCUT2D eigenvalue weighted by Crippen LogP contribution is 2.26.